The van der Waals surface area contributed by atoms with E-state index < -0.39 is 0 Å². The summed E-state index contributed by atoms with van der Waals surface area (Å²) in [6.07, 6.45) is 8.23. The maximum atomic E-state index is 12.5. The molecule has 5 heteroatoms. The van der Waals surface area contributed by atoms with Gasteiger partial charge in [-0.3, -0.25) is 9.48 Å². The number of hydrogen-bond acceptors (Lipinski definition) is 3. The van der Waals surface area contributed by atoms with Gasteiger partial charge in [0.1, 0.15) is 0 Å². The Morgan fingerprint density at radius 2 is 2.11 bits per heavy atom. The van der Waals surface area contributed by atoms with Crippen molar-refractivity contribution in [3.8, 4) is 0 Å². The van der Waals surface area contributed by atoms with Gasteiger partial charge in [0.15, 0.2) is 0 Å². The first-order valence-corrected chi connectivity index (χ1v) is 7.13. The lowest BCUT2D eigenvalue weighted by molar-refractivity contribution is -0.131. The molecule has 1 amide bonds. The van der Waals surface area contributed by atoms with Gasteiger partial charge >= 0.3 is 0 Å². The van der Waals surface area contributed by atoms with Gasteiger partial charge in [0.2, 0.25) is 5.91 Å². The van der Waals surface area contributed by atoms with E-state index in [4.69, 9.17) is 5.73 Å². The molecule has 0 radical (unpaired) electrons. The molecule has 0 bridgehead atoms. The van der Waals surface area contributed by atoms with Crippen LogP contribution < -0.4 is 11.1 Å². The minimum Gasteiger partial charge on any atom is -0.350 e. The van der Waals surface area contributed by atoms with Crippen LogP contribution in [0.3, 0.4) is 0 Å². The van der Waals surface area contributed by atoms with Gasteiger partial charge in [-0.05, 0) is 18.9 Å². The van der Waals surface area contributed by atoms with Crippen LogP contribution in [0, 0.1) is 5.41 Å². The molecule has 106 valence electrons. The number of carbonyl (C=O) groups is 1. The van der Waals surface area contributed by atoms with Crippen molar-refractivity contribution in [3.63, 3.8) is 0 Å². The molecular formula is C14H24N4O. The second kappa shape index (κ2) is 6.19. The molecule has 1 aromatic heterocycles. The highest BCUT2D eigenvalue weighted by Crippen LogP contribution is 2.34. The fourth-order valence-electron chi connectivity index (χ4n) is 2.86. The molecule has 3 N–H and O–H groups in total. The van der Waals surface area contributed by atoms with Crippen LogP contribution >= 0.6 is 0 Å². The van der Waals surface area contributed by atoms with Crippen molar-refractivity contribution in [2.75, 3.05) is 6.54 Å². The molecular weight excluding hydrogens is 240 g/mol. The summed E-state index contributed by atoms with van der Waals surface area (Å²) in [6, 6.07) is 1.92. The number of nitrogens with two attached hydrogens (primary N) is 1. The van der Waals surface area contributed by atoms with Crippen molar-refractivity contribution in [3.05, 3.63) is 18.0 Å². The van der Waals surface area contributed by atoms with Crippen molar-refractivity contribution in [1.82, 2.24) is 15.1 Å². The molecule has 0 aromatic carbocycles. The van der Waals surface area contributed by atoms with Crippen LogP contribution in [-0.2, 0) is 18.4 Å². The smallest absolute Gasteiger partial charge is 0.227 e. The van der Waals surface area contributed by atoms with E-state index in [1.54, 1.807) is 10.9 Å². The van der Waals surface area contributed by atoms with Crippen LogP contribution in [0.1, 0.15) is 44.2 Å². The predicted octanol–water partition coefficient (Wildman–Crippen LogP) is 1.34. The Hall–Kier alpha value is -1.36. The lowest BCUT2D eigenvalue weighted by Gasteiger charge is -2.29. The lowest BCUT2D eigenvalue weighted by atomic mass is 9.79. The Labute approximate surface area is 114 Å². The normalized spacial score (nSPS) is 18.8. The molecule has 0 spiro atoms. The minimum absolute atomic E-state index is 0.109. The van der Waals surface area contributed by atoms with Crippen molar-refractivity contribution >= 4 is 5.91 Å². The zero-order valence-corrected chi connectivity index (χ0v) is 11.7. The van der Waals surface area contributed by atoms with E-state index in [1.165, 1.54) is 12.8 Å². The molecule has 0 unspecified atom stereocenters. The average molecular weight is 264 g/mol. The first kappa shape index (κ1) is 14.1. The molecule has 1 heterocycles. The van der Waals surface area contributed by atoms with E-state index in [0.717, 1.165) is 31.4 Å². The van der Waals surface area contributed by atoms with Crippen LogP contribution in [0.25, 0.3) is 0 Å². The van der Waals surface area contributed by atoms with E-state index in [0.29, 0.717) is 13.1 Å². The third-order valence-electron chi connectivity index (χ3n) is 4.29. The standard InChI is InChI=1S/C14H24N4O/c1-18-12(6-9-17-18)10-16-13(19)14(11-15)7-4-2-3-5-8-14/h6,9H,2-5,7-8,10-11,15H2,1H3,(H,16,19). The Kier molecular flexibility index (Phi) is 4.58. The van der Waals surface area contributed by atoms with E-state index in [2.05, 4.69) is 10.4 Å². The number of carbonyl (C=O) groups excluding carboxylic acids is 1. The molecule has 1 saturated carbocycles. The van der Waals surface area contributed by atoms with Gasteiger partial charge in [0.05, 0.1) is 17.7 Å². The summed E-state index contributed by atoms with van der Waals surface area (Å²) in [4.78, 5) is 12.5. The van der Waals surface area contributed by atoms with E-state index in [-0.39, 0.29) is 11.3 Å². The van der Waals surface area contributed by atoms with Crippen LogP contribution in [0.4, 0.5) is 0 Å². The fourth-order valence-corrected chi connectivity index (χ4v) is 2.86. The first-order valence-electron chi connectivity index (χ1n) is 7.13. The van der Waals surface area contributed by atoms with Crippen molar-refractivity contribution in [2.45, 2.75) is 45.1 Å². The van der Waals surface area contributed by atoms with Crippen LogP contribution in [-0.4, -0.2) is 22.2 Å². The third kappa shape index (κ3) is 3.15. The Balaban J connectivity index is 1.98. The number of aryl methyl sites for hydroxylation is 1. The topological polar surface area (TPSA) is 72.9 Å². The predicted molar refractivity (Wildman–Crippen MR) is 74.2 cm³/mol. The molecule has 1 aliphatic carbocycles. The van der Waals surface area contributed by atoms with E-state index >= 15 is 0 Å². The van der Waals surface area contributed by atoms with Gasteiger partial charge in [0, 0.05) is 19.8 Å². The summed E-state index contributed by atoms with van der Waals surface area (Å²) in [5.74, 6) is 0.109. The van der Waals surface area contributed by atoms with Crippen molar-refractivity contribution < 1.29 is 4.79 Å². The monoisotopic (exact) mass is 264 g/mol. The largest absolute Gasteiger partial charge is 0.350 e. The molecule has 0 aliphatic heterocycles. The maximum absolute atomic E-state index is 12.5. The molecule has 0 saturated heterocycles. The fraction of sp³-hybridized carbons (Fsp3) is 0.714. The average Bonchev–Trinajstić information content (AvgIpc) is 2.68. The van der Waals surface area contributed by atoms with Gasteiger partial charge in [0.25, 0.3) is 0 Å². The summed E-state index contributed by atoms with van der Waals surface area (Å²) >= 11 is 0. The summed E-state index contributed by atoms with van der Waals surface area (Å²) in [6.45, 7) is 0.974. The van der Waals surface area contributed by atoms with Gasteiger partial charge < -0.3 is 11.1 Å². The number of amides is 1. The number of nitrogens with one attached hydrogen (secondary N) is 1. The molecule has 5 nitrogen and oxygen atoms in total. The number of nitrogens with zero attached hydrogens (tertiary/aromatic N) is 2. The van der Waals surface area contributed by atoms with E-state index in [1.807, 2.05) is 13.1 Å². The second-order valence-electron chi connectivity index (χ2n) is 5.53. The van der Waals surface area contributed by atoms with Crippen LogP contribution in [0.2, 0.25) is 0 Å². The SMILES string of the molecule is Cn1nccc1CNC(=O)C1(CN)CCCCCC1. The van der Waals surface area contributed by atoms with Gasteiger partial charge in [-0.25, -0.2) is 0 Å². The molecule has 1 fully saturated rings. The van der Waals surface area contributed by atoms with Gasteiger partial charge in [-0.2, -0.15) is 5.10 Å². The maximum Gasteiger partial charge on any atom is 0.227 e. The van der Waals surface area contributed by atoms with Crippen LogP contribution in [0.5, 0.6) is 0 Å². The first-order chi connectivity index (χ1) is 9.18. The quantitative estimate of drug-likeness (QED) is 0.806. The summed E-state index contributed by atoms with van der Waals surface area (Å²) in [5, 5.41) is 7.14. The lowest BCUT2D eigenvalue weighted by Crippen LogP contribution is -2.45. The highest BCUT2D eigenvalue weighted by molar-refractivity contribution is 5.82. The second-order valence-corrected chi connectivity index (χ2v) is 5.53. The zero-order valence-electron chi connectivity index (χ0n) is 11.7. The van der Waals surface area contributed by atoms with Crippen molar-refractivity contribution in [2.24, 2.45) is 18.2 Å². The van der Waals surface area contributed by atoms with Crippen LogP contribution in [0.15, 0.2) is 12.3 Å². The number of hydrogen-bond donors (Lipinski definition) is 2. The Morgan fingerprint density at radius 1 is 1.42 bits per heavy atom. The van der Waals surface area contributed by atoms with Crippen molar-refractivity contribution in [1.29, 1.82) is 0 Å². The Bertz CT molecular complexity index is 419. The Morgan fingerprint density at radius 3 is 2.63 bits per heavy atom. The highest BCUT2D eigenvalue weighted by atomic mass is 16.2. The molecule has 1 aliphatic rings. The van der Waals surface area contributed by atoms with E-state index in [9.17, 15) is 4.79 Å². The zero-order chi connectivity index (χ0) is 13.7. The number of aromatic nitrogens is 2. The highest BCUT2D eigenvalue weighted by Gasteiger charge is 2.36. The molecule has 19 heavy (non-hydrogen) atoms. The molecule has 1 aromatic rings. The number of rotatable bonds is 4. The molecule has 0 atom stereocenters. The van der Waals surface area contributed by atoms with Gasteiger partial charge in [-0.1, -0.05) is 25.7 Å². The summed E-state index contributed by atoms with van der Waals surface area (Å²) in [7, 11) is 1.88. The third-order valence-corrected chi connectivity index (χ3v) is 4.29. The van der Waals surface area contributed by atoms with Gasteiger partial charge in [-0.15, -0.1) is 0 Å². The minimum atomic E-state index is -0.352. The summed E-state index contributed by atoms with van der Waals surface area (Å²) in [5.41, 5.74) is 6.57. The molecule has 2 rings (SSSR count). The summed E-state index contributed by atoms with van der Waals surface area (Å²) < 4.78 is 1.78.